The first-order valence-corrected chi connectivity index (χ1v) is 9.13. The van der Waals surface area contributed by atoms with Gasteiger partial charge in [-0.05, 0) is 36.6 Å². The van der Waals surface area contributed by atoms with E-state index >= 15 is 0 Å². The van der Waals surface area contributed by atoms with Crippen LogP contribution in [-0.2, 0) is 13.0 Å². The topological polar surface area (TPSA) is 54.0 Å². The highest BCUT2D eigenvalue weighted by atomic mass is 32.1. The van der Waals surface area contributed by atoms with E-state index in [1.807, 2.05) is 37.3 Å². The Hall–Kier alpha value is -2.66. The van der Waals surface area contributed by atoms with Gasteiger partial charge in [0.2, 0.25) is 0 Å². The number of hydrogen-bond acceptors (Lipinski definition) is 4. The van der Waals surface area contributed by atoms with Crippen LogP contribution in [0.2, 0.25) is 0 Å². The minimum atomic E-state index is -0.0873. The molecule has 4 nitrogen and oxygen atoms in total. The highest BCUT2D eigenvalue weighted by Crippen LogP contribution is 2.25. The predicted octanol–water partition coefficient (Wildman–Crippen LogP) is 4.69. The van der Waals surface area contributed by atoms with E-state index in [1.165, 1.54) is 16.9 Å². The summed E-state index contributed by atoms with van der Waals surface area (Å²) >= 11 is 1.37. The molecule has 0 aliphatic heterocycles. The fourth-order valence-corrected chi connectivity index (χ4v) is 3.36. The summed E-state index contributed by atoms with van der Waals surface area (Å²) in [6.45, 7) is 4.50. The average molecular weight is 351 g/mol. The second-order valence-electron chi connectivity index (χ2n) is 5.78. The number of nitrogens with one attached hydrogen (secondary N) is 2. The third kappa shape index (κ3) is 4.45. The van der Waals surface area contributed by atoms with Crippen LogP contribution in [0.1, 0.15) is 33.4 Å². The average Bonchev–Trinajstić information content (AvgIpc) is 3.01. The van der Waals surface area contributed by atoms with Crippen molar-refractivity contribution < 1.29 is 4.79 Å². The lowest BCUT2D eigenvalue weighted by Gasteiger charge is -2.05. The Balaban J connectivity index is 1.63. The Labute approximate surface area is 151 Å². The lowest BCUT2D eigenvalue weighted by Crippen LogP contribution is -2.22. The number of amides is 1. The maximum Gasteiger partial charge on any atom is 0.263 e. The van der Waals surface area contributed by atoms with Crippen LogP contribution in [0.25, 0.3) is 0 Å². The molecule has 2 aromatic carbocycles. The molecule has 3 rings (SSSR count). The summed E-state index contributed by atoms with van der Waals surface area (Å²) in [4.78, 5) is 17.6. The molecule has 0 atom stereocenters. The minimum absolute atomic E-state index is 0.0873. The van der Waals surface area contributed by atoms with Gasteiger partial charge in [0, 0.05) is 12.2 Å². The van der Waals surface area contributed by atoms with Crippen molar-refractivity contribution in [2.75, 3.05) is 5.32 Å². The molecule has 0 aliphatic rings. The van der Waals surface area contributed by atoms with Crippen molar-refractivity contribution in [3.05, 3.63) is 76.3 Å². The van der Waals surface area contributed by atoms with E-state index in [2.05, 4.69) is 46.8 Å². The molecule has 0 aliphatic carbocycles. The van der Waals surface area contributed by atoms with Gasteiger partial charge in [-0.2, -0.15) is 0 Å². The molecule has 3 aromatic rings. The molecule has 2 N–H and O–H groups in total. The van der Waals surface area contributed by atoms with Crippen LogP contribution in [0.3, 0.4) is 0 Å². The van der Waals surface area contributed by atoms with Gasteiger partial charge < -0.3 is 10.6 Å². The van der Waals surface area contributed by atoms with E-state index in [4.69, 9.17) is 0 Å². The zero-order valence-corrected chi connectivity index (χ0v) is 15.2. The van der Waals surface area contributed by atoms with Crippen LogP contribution in [-0.4, -0.2) is 10.9 Å². The molecule has 128 valence electrons. The van der Waals surface area contributed by atoms with E-state index < -0.39 is 0 Å². The molecule has 1 heterocycles. The monoisotopic (exact) mass is 351 g/mol. The van der Waals surface area contributed by atoms with Crippen molar-refractivity contribution >= 4 is 28.1 Å². The summed E-state index contributed by atoms with van der Waals surface area (Å²) < 4.78 is 0. The molecule has 0 unspecified atom stereocenters. The maximum absolute atomic E-state index is 12.5. The van der Waals surface area contributed by atoms with Crippen LogP contribution < -0.4 is 10.6 Å². The van der Waals surface area contributed by atoms with Gasteiger partial charge in [-0.3, -0.25) is 4.79 Å². The summed E-state index contributed by atoms with van der Waals surface area (Å²) in [5.41, 5.74) is 4.09. The number of nitrogens with zero attached hydrogens (tertiary/aromatic N) is 1. The van der Waals surface area contributed by atoms with Crippen molar-refractivity contribution in [1.82, 2.24) is 10.3 Å². The molecule has 5 heteroatoms. The van der Waals surface area contributed by atoms with Crippen LogP contribution in [0.4, 0.5) is 10.8 Å². The molecular formula is C20H21N3OS. The van der Waals surface area contributed by atoms with E-state index in [9.17, 15) is 4.79 Å². The third-order valence-corrected chi connectivity index (χ3v) is 4.98. The Morgan fingerprint density at radius 3 is 2.40 bits per heavy atom. The molecule has 1 aromatic heterocycles. The second kappa shape index (κ2) is 7.94. The first kappa shape index (κ1) is 17.2. The van der Waals surface area contributed by atoms with Crippen molar-refractivity contribution in [1.29, 1.82) is 0 Å². The summed E-state index contributed by atoms with van der Waals surface area (Å²) in [7, 11) is 0. The van der Waals surface area contributed by atoms with Crippen molar-refractivity contribution in [2.45, 2.75) is 26.8 Å². The standard InChI is InChI=1S/C20H21N3OS/c1-3-15-9-11-16(12-10-15)13-21-19(24)18-14(2)22-20(25-18)23-17-7-5-4-6-8-17/h4-12H,3,13H2,1-2H3,(H,21,24)(H,22,23). The Morgan fingerprint density at radius 2 is 1.72 bits per heavy atom. The number of hydrogen-bond donors (Lipinski definition) is 2. The zero-order chi connectivity index (χ0) is 17.6. The molecule has 0 spiro atoms. The van der Waals surface area contributed by atoms with E-state index in [1.54, 1.807) is 0 Å². The number of carbonyl (C=O) groups is 1. The molecular weight excluding hydrogens is 330 g/mol. The van der Waals surface area contributed by atoms with Gasteiger partial charge >= 0.3 is 0 Å². The van der Waals surface area contributed by atoms with Crippen LogP contribution in [0.15, 0.2) is 54.6 Å². The molecule has 0 radical (unpaired) electrons. The number of aryl methyl sites for hydroxylation is 2. The van der Waals surface area contributed by atoms with Gasteiger partial charge in [0.05, 0.1) is 5.69 Å². The van der Waals surface area contributed by atoms with E-state index in [-0.39, 0.29) is 5.91 Å². The molecule has 25 heavy (non-hydrogen) atoms. The van der Waals surface area contributed by atoms with Gasteiger partial charge in [-0.1, -0.05) is 60.7 Å². The number of benzene rings is 2. The normalized spacial score (nSPS) is 10.5. The number of rotatable bonds is 6. The summed E-state index contributed by atoms with van der Waals surface area (Å²) in [5, 5.41) is 6.93. The number of carbonyl (C=O) groups excluding carboxylic acids is 1. The fraction of sp³-hybridized carbons (Fsp3) is 0.200. The van der Waals surface area contributed by atoms with Gasteiger partial charge in [0.25, 0.3) is 5.91 Å². The SMILES string of the molecule is CCc1ccc(CNC(=O)c2sc(Nc3ccccc3)nc2C)cc1. The predicted molar refractivity (Wildman–Crippen MR) is 104 cm³/mol. The van der Waals surface area contributed by atoms with E-state index in [0.717, 1.165) is 28.5 Å². The quantitative estimate of drug-likeness (QED) is 0.677. The molecule has 0 fully saturated rings. The summed E-state index contributed by atoms with van der Waals surface area (Å²) in [5.74, 6) is -0.0873. The lowest BCUT2D eigenvalue weighted by atomic mass is 10.1. The second-order valence-corrected chi connectivity index (χ2v) is 6.78. The smallest absolute Gasteiger partial charge is 0.263 e. The lowest BCUT2D eigenvalue weighted by molar-refractivity contribution is 0.0954. The molecule has 0 saturated carbocycles. The number of anilines is 2. The summed E-state index contributed by atoms with van der Waals surface area (Å²) in [6.07, 6.45) is 1.02. The minimum Gasteiger partial charge on any atom is -0.347 e. The highest BCUT2D eigenvalue weighted by Gasteiger charge is 2.15. The van der Waals surface area contributed by atoms with Crippen molar-refractivity contribution in [3.63, 3.8) is 0 Å². The van der Waals surface area contributed by atoms with Crippen LogP contribution >= 0.6 is 11.3 Å². The number of para-hydroxylation sites is 1. The van der Waals surface area contributed by atoms with Gasteiger partial charge in [0.1, 0.15) is 4.88 Å². The first-order chi connectivity index (χ1) is 12.2. The zero-order valence-electron chi connectivity index (χ0n) is 14.4. The number of thiazole rings is 1. The van der Waals surface area contributed by atoms with Crippen molar-refractivity contribution in [3.8, 4) is 0 Å². The van der Waals surface area contributed by atoms with Crippen LogP contribution in [0.5, 0.6) is 0 Å². The molecule has 1 amide bonds. The Kier molecular flexibility index (Phi) is 5.46. The summed E-state index contributed by atoms with van der Waals surface area (Å²) in [6, 6.07) is 18.1. The van der Waals surface area contributed by atoms with E-state index in [0.29, 0.717) is 11.4 Å². The molecule has 0 bridgehead atoms. The first-order valence-electron chi connectivity index (χ1n) is 8.31. The highest BCUT2D eigenvalue weighted by molar-refractivity contribution is 7.17. The molecule has 0 saturated heterocycles. The fourth-order valence-electron chi connectivity index (χ4n) is 2.46. The number of aromatic nitrogens is 1. The Bertz CT molecular complexity index is 841. The van der Waals surface area contributed by atoms with Gasteiger partial charge in [-0.25, -0.2) is 4.98 Å². The van der Waals surface area contributed by atoms with Crippen molar-refractivity contribution in [2.24, 2.45) is 0 Å². The largest absolute Gasteiger partial charge is 0.347 e. The van der Waals surface area contributed by atoms with Gasteiger partial charge in [-0.15, -0.1) is 0 Å². The third-order valence-electron chi connectivity index (χ3n) is 3.91. The maximum atomic E-state index is 12.5. The van der Waals surface area contributed by atoms with Crippen LogP contribution in [0, 0.1) is 6.92 Å². The van der Waals surface area contributed by atoms with Gasteiger partial charge in [0.15, 0.2) is 5.13 Å². The Morgan fingerprint density at radius 1 is 1.04 bits per heavy atom.